The van der Waals surface area contributed by atoms with Crippen LogP contribution in [0.5, 0.6) is 0 Å². The molecule has 0 bridgehead atoms. The number of anilines is 1. The number of carbonyl (C=O) groups excluding carboxylic acids is 2. The molecule has 1 aromatic carbocycles. The van der Waals surface area contributed by atoms with Crippen molar-refractivity contribution in [3.8, 4) is 0 Å². The van der Waals surface area contributed by atoms with E-state index < -0.39 is 12.1 Å². The van der Waals surface area contributed by atoms with E-state index in [1.54, 1.807) is 17.7 Å². The maximum Gasteiger partial charge on any atom is 0.331 e. The number of rotatable bonds is 6. The second-order valence-corrected chi connectivity index (χ2v) is 6.89. The number of esters is 1. The van der Waals surface area contributed by atoms with Crippen molar-refractivity contribution in [2.75, 3.05) is 5.32 Å². The molecule has 1 aromatic heterocycles. The minimum absolute atomic E-state index is 0.372. The summed E-state index contributed by atoms with van der Waals surface area (Å²) in [5, 5.41) is 7.05. The Bertz CT molecular complexity index is 848. The Hall–Kier alpha value is -2.89. The lowest BCUT2D eigenvalue weighted by atomic mass is 10.0. The van der Waals surface area contributed by atoms with Crippen LogP contribution >= 0.6 is 0 Å². The Balaban J connectivity index is 1.93. The first-order valence-electron chi connectivity index (χ1n) is 8.98. The van der Waals surface area contributed by atoms with E-state index in [9.17, 15) is 9.59 Å². The highest BCUT2D eigenvalue weighted by Gasteiger charge is 2.17. The molecule has 0 spiro atoms. The summed E-state index contributed by atoms with van der Waals surface area (Å²) in [7, 11) is 1.85. The normalized spacial score (nSPS) is 12.4. The average molecular weight is 369 g/mol. The summed E-state index contributed by atoms with van der Waals surface area (Å²) < 4.78 is 6.94. The van der Waals surface area contributed by atoms with Gasteiger partial charge in [0.25, 0.3) is 5.91 Å². The fraction of sp³-hybridized carbons (Fsp3) is 0.381. The molecule has 1 N–H and O–H groups in total. The Labute approximate surface area is 160 Å². The van der Waals surface area contributed by atoms with Gasteiger partial charge in [-0.05, 0) is 50.5 Å². The second-order valence-electron chi connectivity index (χ2n) is 6.89. The number of ether oxygens (including phenoxy) is 1. The predicted molar refractivity (Wildman–Crippen MR) is 106 cm³/mol. The Morgan fingerprint density at radius 2 is 1.78 bits per heavy atom. The van der Waals surface area contributed by atoms with Gasteiger partial charge in [-0.2, -0.15) is 5.10 Å². The van der Waals surface area contributed by atoms with E-state index in [4.69, 9.17) is 4.74 Å². The van der Waals surface area contributed by atoms with E-state index in [1.807, 2.05) is 45.2 Å². The van der Waals surface area contributed by atoms with E-state index >= 15 is 0 Å². The molecule has 27 heavy (non-hydrogen) atoms. The Morgan fingerprint density at radius 3 is 2.30 bits per heavy atom. The summed E-state index contributed by atoms with van der Waals surface area (Å²) >= 11 is 0. The van der Waals surface area contributed by atoms with Gasteiger partial charge in [0.1, 0.15) is 0 Å². The molecule has 1 heterocycles. The average Bonchev–Trinajstić information content (AvgIpc) is 2.85. The Morgan fingerprint density at radius 1 is 1.15 bits per heavy atom. The zero-order valence-electron chi connectivity index (χ0n) is 16.7. The predicted octanol–water partition coefficient (Wildman–Crippen LogP) is 3.74. The largest absolute Gasteiger partial charge is 0.449 e. The van der Waals surface area contributed by atoms with E-state index in [2.05, 4.69) is 24.3 Å². The van der Waals surface area contributed by atoms with Gasteiger partial charge in [0.15, 0.2) is 6.10 Å². The molecule has 1 atom stereocenters. The van der Waals surface area contributed by atoms with Crippen LogP contribution in [-0.2, 0) is 21.4 Å². The van der Waals surface area contributed by atoms with Crippen molar-refractivity contribution in [2.24, 2.45) is 7.05 Å². The van der Waals surface area contributed by atoms with Crippen molar-refractivity contribution in [1.29, 1.82) is 0 Å². The molecular formula is C21H27N3O3. The van der Waals surface area contributed by atoms with Gasteiger partial charge in [-0.3, -0.25) is 9.48 Å². The van der Waals surface area contributed by atoms with Crippen LogP contribution < -0.4 is 5.32 Å². The molecular weight excluding hydrogens is 342 g/mol. The molecule has 144 valence electrons. The third-order valence-corrected chi connectivity index (χ3v) is 4.46. The minimum Gasteiger partial charge on any atom is -0.449 e. The number of nitrogens with zero attached hydrogens (tertiary/aromatic N) is 2. The molecule has 0 aliphatic rings. The van der Waals surface area contributed by atoms with Crippen LogP contribution in [0.1, 0.15) is 49.2 Å². The summed E-state index contributed by atoms with van der Waals surface area (Å²) in [4.78, 5) is 24.2. The van der Waals surface area contributed by atoms with Gasteiger partial charge in [-0.25, -0.2) is 4.79 Å². The summed E-state index contributed by atoms with van der Waals surface area (Å²) in [5.41, 5.74) is 4.52. The number of benzene rings is 1. The summed E-state index contributed by atoms with van der Waals surface area (Å²) in [6.07, 6.45) is 2.08. The molecule has 0 radical (unpaired) electrons. The lowest BCUT2D eigenvalue weighted by Crippen LogP contribution is -2.29. The lowest BCUT2D eigenvalue weighted by Gasteiger charge is -2.13. The molecule has 1 amide bonds. The first-order chi connectivity index (χ1) is 12.7. The highest BCUT2D eigenvalue weighted by molar-refractivity contribution is 5.96. The number of aromatic nitrogens is 2. The van der Waals surface area contributed by atoms with E-state index in [0.717, 1.165) is 17.0 Å². The number of nitrogens with one attached hydrogen (secondary N) is 1. The number of carbonyl (C=O) groups is 2. The molecule has 2 rings (SSSR count). The van der Waals surface area contributed by atoms with Gasteiger partial charge in [0, 0.05) is 30.1 Å². The highest BCUT2D eigenvalue weighted by Crippen LogP contribution is 2.17. The maximum absolute atomic E-state index is 12.2. The maximum atomic E-state index is 12.2. The van der Waals surface area contributed by atoms with Gasteiger partial charge in [-0.15, -0.1) is 0 Å². The lowest BCUT2D eigenvalue weighted by molar-refractivity contribution is -0.148. The van der Waals surface area contributed by atoms with Crippen LogP contribution in [0.15, 0.2) is 30.3 Å². The topological polar surface area (TPSA) is 73.2 Å². The van der Waals surface area contributed by atoms with Gasteiger partial charge in [0.2, 0.25) is 0 Å². The van der Waals surface area contributed by atoms with Crippen LogP contribution in [0.2, 0.25) is 0 Å². The van der Waals surface area contributed by atoms with Crippen molar-refractivity contribution in [3.63, 3.8) is 0 Å². The fourth-order valence-electron chi connectivity index (χ4n) is 2.64. The van der Waals surface area contributed by atoms with Gasteiger partial charge in [0.05, 0.1) is 5.69 Å². The fourth-order valence-corrected chi connectivity index (χ4v) is 2.64. The first kappa shape index (κ1) is 20.4. The first-order valence-corrected chi connectivity index (χ1v) is 8.98. The zero-order chi connectivity index (χ0) is 20.1. The quantitative estimate of drug-likeness (QED) is 0.622. The van der Waals surface area contributed by atoms with Gasteiger partial charge < -0.3 is 10.1 Å². The molecule has 0 aliphatic carbocycles. The van der Waals surface area contributed by atoms with Gasteiger partial charge in [-0.1, -0.05) is 26.0 Å². The van der Waals surface area contributed by atoms with Crippen LogP contribution in [-0.4, -0.2) is 27.8 Å². The van der Waals surface area contributed by atoms with Crippen molar-refractivity contribution >= 4 is 23.6 Å². The van der Waals surface area contributed by atoms with Gasteiger partial charge >= 0.3 is 5.97 Å². The van der Waals surface area contributed by atoms with Crippen molar-refractivity contribution in [1.82, 2.24) is 9.78 Å². The number of hydrogen-bond acceptors (Lipinski definition) is 4. The van der Waals surface area contributed by atoms with Crippen molar-refractivity contribution < 1.29 is 14.3 Å². The number of amides is 1. The number of aryl methyl sites for hydroxylation is 2. The highest BCUT2D eigenvalue weighted by atomic mass is 16.5. The summed E-state index contributed by atoms with van der Waals surface area (Å²) in [6.45, 7) is 9.56. The molecule has 2 aromatic rings. The van der Waals surface area contributed by atoms with Crippen LogP contribution in [0.25, 0.3) is 6.08 Å². The van der Waals surface area contributed by atoms with Crippen molar-refractivity contribution in [2.45, 2.75) is 46.6 Å². The van der Waals surface area contributed by atoms with E-state index in [1.165, 1.54) is 11.6 Å². The third kappa shape index (κ3) is 5.29. The molecule has 6 nitrogen and oxygen atoms in total. The Kier molecular flexibility index (Phi) is 6.55. The molecule has 6 heteroatoms. The monoisotopic (exact) mass is 369 g/mol. The molecule has 0 aliphatic heterocycles. The third-order valence-electron chi connectivity index (χ3n) is 4.46. The molecule has 0 saturated carbocycles. The molecule has 0 fully saturated rings. The van der Waals surface area contributed by atoms with Crippen LogP contribution in [0.3, 0.4) is 0 Å². The second kappa shape index (κ2) is 8.66. The van der Waals surface area contributed by atoms with Crippen molar-refractivity contribution in [3.05, 3.63) is 52.9 Å². The molecule has 0 unspecified atom stereocenters. The smallest absolute Gasteiger partial charge is 0.331 e. The van der Waals surface area contributed by atoms with E-state index in [-0.39, 0.29) is 5.91 Å². The van der Waals surface area contributed by atoms with Crippen LogP contribution in [0, 0.1) is 13.8 Å². The molecule has 0 saturated heterocycles. The summed E-state index contributed by atoms with van der Waals surface area (Å²) in [5.74, 6) is -0.522. The number of hydrogen-bond donors (Lipinski definition) is 1. The SMILES string of the molecule is Cc1nn(C)c(C)c1/C=C/C(=O)O[C@@H](C)C(=O)Nc1ccc(C(C)C)cc1. The standard InChI is InChI=1S/C21H27N3O3/c1-13(2)17-7-9-18(10-8-17)22-21(26)16(5)27-20(25)12-11-19-14(3)23-24(6)15(19)4/h7-13,16H,1-6H3,(H,22,26)/b12-11+/t16-/m0/s1. The van der Waals surface area contributed by atoms with E-state index in [0.29, 0.717) is 11.6 Å². The minimum atomic E-state index is -0.900. The van der Waals surface area contributed by atoms with Crippen LogP contribution in [0.4, 0.5) is 5.69 Å². The zero-order valence-corrected chi connectivity index (χ0v) is 16.7. The summed E-state index contributed by atoms with van der Waals surface area (Å²) in [6, 6.07) is 7.63.